The van der Waals surface area contributed by atoms with Gasteiger partial charge in [-0.1, -0.05) is 30.3 Å². The van der Waals surface area contributed by atoms with Gasteiger partial charge in [0.05, 0.1) is 6.54 Å². The Bertz CT molecular complexity index is 561. The number of alkyl carbamates (subject to hydrolysis) is 1. The van der Waals surface area contributed by atoms with Gasteiger partial charge in [0.1, 0.15) is 5.60 Å². The molecule has 0 aromatic heterocycles. The van der Waals surface area contributed by atoms with Crippen LogP contribution in [0.1, 0.15) is 39.2 Å². The molecule has 2 amide bonds. The predicted octanol–water partition coefficient (Wildman–Crippen LogP) is 2.29. The van der Waals surface area contributed by atoms with Crippen molar-refractivity contribution < 1.29 is 14.3 Å². The summed E-state index contributed by atoms with van der Waals surface area (Å²) in [5.74, 6) is 0.0300. The van der Waals surface area contributed by atoms with Gasteiger partial charge in [0.25, 0.3) is 0 Å². The zero-order chi connectivity index (χ0) is 18.3. The van der Waals surface area contributed by atoms with E-state index >= 15 is 0 Å². The molecule has 25 heavy (non-hydrogen) atoms. The van der Waals surface area contributed by atoms with Crippen LogP contribution >= 0.6 is 0 Å². The molecular weight excluding hydrogens is 318 g/mol. The molecule has 1 aliphatic heterocycles. The number of hydrogen-bond acceptors (Lipinski definition) is 4. The zero-order valence-electron chi connectivity index (χ0n) is 15.4. The van der Waals surface area contributed by atoms with E-state index in [-0.39, 0.29) is 18.0 Å². The lowest BCUT2D eigenvalue weighted by atomic mass is 10.1. The number of carbonyl (C=O) groups is 2. The fourth-order valence-corrected chi connectivity index (χ4v) is 2.77. The van der Waals surface area contributed by atoms with Crippen molar-refractivity contribution in [2.45, 2.75) is 51.8 Å². The Kier molecular flexibility index (Phi) is 6.82. The summed E-state index contributed by atoms with van der Waals surface area (Å²) in [7, 11) is 0. The maximum absolute atomic E-state index is 12.1. The van der Waals surface area contributed by atoms with Crippen molar-refractivity contribution in [3.63, 3.8) is 0 Å². The normalized spacial score (nSPS) is 16.3. The van der Waals surface area contributed by atoms with Crippen molar-refractivity contribution in [2.75, 3.05) is 19.6 Å². The Morgan fingerprint density at radius 3 is 2.40 bits per heavy atom. The van der Waals surface area contributed by atoms with Gasteiger partial charge in [-0.3, -0.25) is 9.69 Å². The first kappa shape index (κ1) is 19.2. The third-order valence-electron chi connectivity index (χ3n) is 4.01. The topological polar surface area (TPSA) is 70.7 Å². The van der Waals surface area contributed by atoms with Crippen molar-refractivity contribution in [3.05, 3.63) is 35.9 Å². The lowest BCUT2D eigenvalue weighted by molar-refractivity contribution is -0.122. The molecule has 6 nitrogen and oxygen atoms in total. The monoisotopic (exact) mass is 347 g/mol. The molecule has 6 heteroatoms. The summed E-state index contributed by atoms with van der Waals surface area (Å²) >= 11 is 0. The van der Waals surface area contributed by atoms with Gasteiger partial charge in [0, 0.05) is 25.7 Å². The maximum Gasteiger partial charge on any atom is 0.407 e. The second kappa shape index (κ2) is 8.85. The summed E-state index contributed by atoms with van der Waals surface area (Å²) in [5, 5.41) is 5.85. The Hall–Kier alpha value is -2.08. The Balaban J connectivity index is 1.64. The van der Waals surface area contributed by atoms with Crippen molar-refractivity contribution in [1.29, 1.82) is 0 Å². The maximum atomic E-state index is 12.1. The van der Waals surface area contributed by atoms with Crippen LogP contribution < -0.4 is 10.6 Å². The molecule has 2 N–H and O–H groups in total. The molecule has 0 spiro atoms. The number of rotatable bonds is 5. The molecule has 1 saturated heterocycles. The molecule has 2 rings (SSSR count). The van der Waals surface area contributed by atoms with Gasteiger partial charge in [-0.15, -0.1) is 0 Å². The van der Waals surface area contributed by atoms with Crippen LogP contribution in [-0.4, -0.2) is 48.2 Å². The molecule has 1 aromatic carbocycles. The van der Waals surface area contributed by atoms with Gasteiger partial charge >= 0.3 is 6.09 Å². The number of nitrogens with one attached hydrogen (secondary N) is 2. The van der Waals surface area contributed by atoms with E-state index in [0.29, 0.717) is 13.1 Å². The van der Waals surface area contributed by atoms with Crippen molar-refractivity contribution in [2.24, 2.45) is 0 Å². The minimum atomic E-state index is -0.484. The van der Waals surface area contributed by atoms with Gasteiger partial charge in [-0.2, -0.15) is 0 Å². The third-order valence-corrected chi connectivity index (χ3v) is 4.01. The van der Waals surface area contributed by atoms with E-state index in [2.05, 4.69) is 15.5 Å². The molecule has 1 aromatic rings. The molecule has 0 radical (unpaired) electrons. The molecule has 1 fully saturated rings. The van der Waals surface area contributed by atoms with Crippen LogP contribution in [0.2, 0.25) is 0 Å². The zero-order valence-corrected chi connectivity index (χ0v) is 15.4. The summed E-state index contributed by atoms with van der Waals surface area (Å²) in [6, 6.07) is 9.98. The summed E-state index contributed by atoms with van der Waals surface area (Å²) < 4.78 is 5.28. The number of benzene rings is 1. The first-order valence-electron chi connectivity index (χ1n) is 8.84. The van der Waals surface area contributed by atoms with E-state index in [0.717, 1.165) is 31.5 Å². The van der Waals surface area contributed by atoms with Crippen LogP contribution in [0.4, 0.5) is 4.79 Å². The molecule has 0 aliphatic carbocycles. The van der Waals surface area contributed by atoms with E-state index in [1.54, 1.807) is 0 Å². The molecule has 0 bridgehead atoms. The fourth-order valence-electron chi connectivity index (χ4n) is 2.77. The summed E-state index contributed by atoms with van der Waals surface area (Å²) in [4.78, 5) is 26.0. The Morgan fingerprint density at radius 2 is 1.80 bits per heavy atom. The lowest BCUT2D eigenvalue weighted by Crippen LogP contribution is -2.48. The second-order valence-electron chi connectivity index (χ2n) is 7.46. The first-order valence-corrected chi connectivity index (χ1v) is 8.84. The lowest BCUT2D eigenvalue weighted by Gasteiger charge is -2.32. The van der Waals surface area contributed by atoms with Crippen molar-refractivity contribution in [1.82, 2.24) is 15.5 Å². The van der Waals surface area contributed by atoms with Crippen molar-refractivity contribution in [3.8, 4) is 0 Å². The highest BCUT2D eigenvalue weighted by molar-refractivity contribution is 5.78. The predicted molar refractivity (Wildman–Crippen MR) is 97.1 cm³/mol. The number of carbonyl (C=O) groups excluding carboxylic acids is 2. The molecule has 0 atom stereocenters. The number of hydrogen-bond donors (Lipinski definition) is 2. The number of ether oxygens (including phenoxy) is 1. The van der Waals surface area contributed by atoms with E-state index in [1.165, 1.54) is 0 Å². The van der Waals surface area contributed by atoms with Gasteiger partial charge in [0.15, 0.2) is 0 Å². The number of likely N-dealkylation sites (tertiary alicyclic amines) is 1. The SMILES string of the molecule is CC(C)(C)OC(=O)NC1CCN(CC(=O)NCc2ccccc2)CC1. The highest BCUT2D eigenvalue weighted by Gasteiger charge is 2.24. The largest absolute Gasteiger partial charge is 0.444 e. The average Bonchev–Trinajstić information content (AvgIpc) is 2.54. The standard InChI is InChI=1S/C19H29N3O3/c1-19(2,3)25-18(24)21-16-9-11-22(12-10-16)14-17(23)20-13-15-7-5-4-6-8-15/h4-8,16H,9-14H2,1-3H3,(H,20,23)(H,21,24). The third kappa shape index (κ3) is 7.56. The van der Waals surface area contributed by atoms with Gasteiger partial charge < -0.3 is 15.4 Å². The van der Waals surface area contributed by atoms with Crippen molar-refractivity contribution >= 4 is 12.0 Å². The Labute approximate surface area is 149 Å². The van der Waals surface area contributed by atoms with Crippen LogP contribution in [0.15, 0.2) is 30.3 Å². The van der Waals surface area contributed by atoms with E-state index in [1.807, 2.05) is 51.1 Å². The highest BCUT2D eigenvalue weighted by Crippen LogP contribution is 2.12. The average molecular weight is 347 g/mol. The first-order chi connectivity index (χ1) is 11.8. The van der Waals surface area contributed by atoms with Crippen LogP contribution in [0.3, 0.4) is 0 Å². The smallest absolute Gasteiger partial charge is 0.407 e. The highest BCUT2D eigenvalue weighted by atomic mass is 16.6. The van der Waals surface area contributed by atoms with E-state index in [9.17, 15) is 9.59 Å². The molecular formula is C19H29N3O3. The fraction of sp³-hybridized carbons (Fsp3) is 0.579. The summed E-state index contributed by atoms with van der Waals surface area (Å²) in [6.07, 6.45) is 1.28. The van der Waals surface area contributed by atoms with Crippen LogP contribution in [0.5, 0.6) is 0 Å². The van der Waals surface area contributed by atoms with Crippen LogP contribution in [0, 0.1) is 0 Å². The Morgan fingerprint density at radius 1 is 1.16 bits per heavy atom. The second-order valence-corrected chi connectivity index (χ2v) is 7.46. The van der Waals surface area contributed by atoms with Gasteiger partial charge in [-0.05, 0) is 39.2 Å². The molecule has 0 unspecified atom stereocenters. The summed E-state index contributed by atoms with van der Waals surface area (Å²) in [5.41, 5.74) is 0.609. The number of piperidine rings is 1. The van der Waals surface area contributed by atoms with Crippen LogP contribution in [0.25, 0.3) is 0 Å². The minimum absolute atomic E-state index is 0.0300. The van der Waals surface area contributed by atoms with Crippen LogP contribution in [-0.2, 0) is 16.1 Å². The molecule has 0 saturated carbocycles. The molecule has 1 aliphatic rings. The van der Waals surface area contributed by atoms with Gasteiger partial charge in [0.2, 0.25) is 5.91 Å². The van der Waals surface area contributed by atoms with Gasteiger partial charge in [-0.25, -0.2) is 4.79 Å². The summed E-state index contributed by atoms with van der Waals surface area (Å²) in [6.45, 7) is 8.08. The van der Waals surface area contributed by atoms with E-state index < -0.39 is 5.60 Å². The molecule has 138 valence electrons. The quantitative estimate of drug-likeness (QED) is 0.857. The van der Waals surface area contributed by atoms with E-state index in [4.69, 9.17) is 4.74 Å². The molecule has 1 heterocycles. The number of nitrogens with zero attached hydrogens (tertiary/aromatic N) is 1. The number of amides is 2. The minimum Gasteiger partial charge on any atom is -0.444 e.